The van der Waals surface area contributed by atoms with Crippen LogP contribution in [0.15, 0.2) is 23.0 Å². The lowest BCUT2D eigenvalue weighted by Crippen LogP contribution is -2.41. The molecular formula is C22H29N3O2S2. The summed E-state index contributed by atoms with van der Waals surface area (Å²) < 4.78 is 0. The van der Waals surface area contributed by atoms with Crippen LogP contribution < -0.4 is 10.6 Å². The molecule has 2 amide bonds. The molecule has 0 aliphatic heterocycles. The number of aryl methyl sites for hydroxylation is 1. The van der Waals surface area contributed by atoms with Gasteiger partial charge in [0.1, 0.15) is 5.01 Å². The SMILES string of the molecule is Cc1cc(C(=O)NCC2CCC([C@H](NC(=O)C3CCC3)c3nccs3)CC2)cs1. The number of hydrogen-bond acceptors (Lipinski definition) is 5. The van der Waals surface area contributed by atoms with Gasteiger partial charge >= 0.3 is 0 Å². The Hall–Kier alpha value is -1.73. The lowest BCUT2D eigenvalue weighted by Gasteiger charge is -2.35. The van der Waals surface area contributed by atoms with Gasteiger partial charge in [0.25, 0.3) is 5.91 Å². The fourth-order valence-corrected chi connectivity index (χ4v) is 5.80. The highest BCUT2D eigenvalue weighted by atomic mass is 32.1. The van der Waals surface area contributed by atoms with Gasteiger partial charge in [-0.15, -0.1) is 22.7 Å². The van der Waals surface area contributed by atoms with Gasteiger partial charge in [0, 0.05) is 34.3 Å². The summed E-state index contributed by atoms with van der Waals surface area (Å²) in [7, 11) is 0. The summed E-state index contributed by atoms with van der Waals surface area (Å²) in [5.74, 6) is 1.37. The summed E-state index contributed by atoms with van der Waals surface area (Å²) in [5.41, 5.74) is 0.767. The third-order valence-electron chi connectivity index (χ3n) is 6.40. The van der Waals surface area contributed by atoms with Crippen molar-refractivity contribution in [1.82, 2.24) is 15.6 Å². The van der Waals surface area contributed by atoms with Crippen LogP contribution in [-0.2, 0) is 4.79 Å². The molecule has 1 atom stereocenters. The second-order valence-electron chi connectivity index (χ2n) is 8.42. The van der Waals surface area contributed by atoms with Gasteiger partial charge < -0.3 is 10.6 Å². The molecule has 4 rings (SSSR count). The van der Waals surface area contributed by atoms with E-state index in [9.17, 15) is 9.59 Å². The molecule has 0 aromatic carbocycles. The zero-order valence-electron chi connectivity index (χ0n) is 16.9. The molecule has 0 bridgehead atoms. The number of aromatic nitrogens is 1. The summed E-state index contributed by atoms with van der Waals surface area (Å²) in [4.78, 5) is 30.5. The van der Waals surface area contributed by atoms with Gasteiger partial charge in [-0.25, -0.2) is 4.98 Å². The first-order valence-electron chi connectivity index (χ1n) is 10.6. The van der Waals surface area contributed by atoms with E-state index >= 15 is 0 Å². The summed E-state index contributed by atoms with van der Waals surface area (Å²) in [6, 6.07) is 1.98. The van der Waals surface area contributed by atoms with Crippen molar-refractivity contribution < 1.29 is 9.59 Å². The van der Waals surface area contributed by atoms with Crippen molar-refractivity contribution >= 4 is 34.5 Å². The van der Waals surface area contributed by atoms with Crippen LogP contribution in [0.25, 0.3) is 0 Å². The molecular weight excluding hydrogens is 402 g/mol. The van der Waals surface area contributed by atoms with Crippen molar-refractivity contribution in [3.8, 4) is 0 Å². The van der Waals surface area contributed by atoms with Crippen LogP contribution in [0.1, 0.15) is 71.2 Å². The minimum Gasteiger partial charge on any atom is -0.352 e. The van der Waals surface area contributed by atoms with Crippen molar-refractivity contribution in [3.05, 3.63) is 38.5 Å². The van der Waals surface area contributed by atoms with Gasteiger partial charge in [-0.05, 0) is 63.4 Å². The Bertz CT molecular complexity index is 821. The van der Waals surface area contributed by atoms with Gasteiger partial charge in [-0.1, -0.05) is 6.42 Å². The van der Waals surface area contributed by atoms with Crippen LogP contribution >= 0.6 is 22.7 Å². The maximum absolute atomic E-state index is 12.6. The zero-order chi connectivity index (χ0) is 20.2. The molecule has 29 heavy (non-hydrogen) atoms. The first-order valence-corrected chi connectivity index (χ1v) is 12.4. The normalized spacial score (nSPS) is 23.2. The van der Waals surface area contributed by atoms with Crippen LogP contribution in [0.2, 0.25) is 0 Å². The smallest absolute Gasteiger partial charge is 0.252 e. The Kier molecular flexibility index (Phi) is 6.65. The fourth-order valence-electron chi connectivity index (χ4n) is 4.34. The molecule has 156 valence electrons. The van der Waals surface area contributed by atoms with E-state index in [4.69, 9.17) is 0 Å². The summed E-state index contributed by atoms with van der Waals surface area (Å²) in [5, 5.41) is 11.4. The molecule has 0 spiro atoms. The van der Waals surface area contributed by atoms with E-state index in [0.717, 1.165) is 60.5 Å². The van der Waals surface area contributed by atoms with Gasteiger partial charge in [-0.3, -0.25) is 9.59 Å². The van der Waals surface area contributed by atoms with Crippen molar-refractivity contribution in [2.75, 3.05) is 6.54 Å². The third-order valence-corrected chi connectivity index (χ3v) is 8.12. The van der Waals surface area contributed by atoms with Crippen LogP contribution in [0.3, 0.4) is 0 Å². The molecule has 2 heterocycles. The second kappa shape index (κ2) is 9.39. The lowest BCUT2D eigenvalue weighted by molar-refractivity contribution is -0.128. The fraction of sp³-hybridized carbons (Fsp3) is 0.591. The standard InChI is InChI=1S/C22H29N3O2S2/c1-14-11-18(13-29-14)20(26)24-12-15-5-7-16(8-6-15)19(22-23-9-10-28-22)25-21(27)17-3-2-4-17/h9-11,13,15-17,19H,2-8,12H2,1H3,(H,24,26)(H,25,27)/t15?,16?,19-/m0/s1. The maximum Gasteiger partial charge on any atom is 0.252 e. The average molecular weight is 432 g/mol. The summed E-state index contributed by atoms with van der Waals surface area (Å²) in [6.07, 6.45) is 9.32. The van der Waals surface area contributed by atoms with Crippen molar-refractivity contribution in [2.45, 2.75) is 57.9 Å². The molecule has 2 aliphatic carbocycles. The van der Waals surface area contributed by atoms with E-state index in [-0.39, 0.29) is 23.8 Å². The Balaban J connectivity index is 1.29. The Morgan fingerprint density at radius 3 is 2.55 bits per heavy atom. The second-order valence-corrected chi connectivity index (χ2v) is 10.5. The van der Waals surface area contributed by atoms with Crippen LogP contribution in [-0.4, -0.2) is 23.3 Å². The number of carbonyl (C=O) groups is 2. The van der Waals surface area contributed by atoms with E-state index in [1.165, 1.54) is 6.42 Å². The molecule has 2 aromatic rings. The maximum atomic E-state index is 12.6. The molecule has 5 nitrogen and oxygen atoms in total. The number of nitrogens with zero attached hydrogens (tertiary/aromatic N) is 1. The minimum absolute atomic E-state index is 0.0323. The highest BCUT2D eigenvalue weighted by Crippen LogP contribution is 2.38. The van der Waals surface area contributed by atoms with Crippen LogP contribution in [0.5, 0.6) is 0 Å². The first kappa shape index (κ1) is 20.5. The number of thiophene rings is 1. The van der Waals surface area contributed by atoms with Gasteiger partial charge in [0.2, 0.25) is 5.91 Å². The Morgan fingerprint density at radius 1 is 1.17 bits per heavy atom. The van der Waals surface area contributed by atoms with Crippen LogP contribution in [0, 0.1) is 24.7 Å². The molecule has 0 saturated heterocycles. The number of thiazole rings is 1. The van der Waals surface area contributed by atoms with Crippen molar-refractivity contribution in [3.63, 3.8) is 0 Å². The predicted molar refractivity (Wildman–Crippen MR) is 117 cm³/mol. The minimum atomic E-state index is 0.0323. The summed E-state index contributed by atoms with van der Waals surface area (Å²) in [6.45, 7) is 2.75. The molecule has 0 unspecified atom stereocenters. The predicted octanol–water partition coefficient (Wildman–Crippen LogP) is 4.71. The molecule has 0 radical (unpaired) electrons. The number of amides is 2. The highest BCUT2D eigenvalue weighted by molar-refractivity contribution is 7.10. The Labute approximate surface area is 180 Å². The van der Waals surface area contributed by atoms with E-state index in [1.807, 2.05) is 29.9 Å². The van der Waals surface area contributed by atoms with E-state index in [1.54, 1.807) is 22.7 Å². The topological polar surface area (TPSA) is 71.1 Å². The Morgan fingerprint density at radius 2 is 1.97 bits per heavy atom. The highest BCUT2D eigenvalue weighted by Gasteiger charge is 2.34. The van der Waals surface area contributed by atoms with Crippen LogP contribution in [0.4, 0.5) is 0 Å². The van der Waals surface area contributed by atoms with Gasteiger partial charge in [-0.2, -0.15) is 0 Å². The largest absolute Gasteiger partial charge is 0.352 e. The molecule has 2 aromatic heterocycles. The van der Waals surface area contributed by atoms with E-state index in [0.29, 0.717) is 11.8 Å². The molecule has 2 fully saturated rings. The molecule has 2 aliphatic rings. The lowest BCUT2D eigenvalue weighted by atomic mass is 9.78. The van der Waals surface area contributed by atoms with Gasteiger partial charge in [0.05, 0.1) is 11.6 Å². The van der Waals surface area contributed by atoms with Crippen molar-refractivity contribution in [1.29, 1.82) is 0 Å². The summed E-state index contributed by atoms with van der Waals surface area (Å²) >= 11 is 3.25. The number of nitrogens with one attached hydrogen (secondary N) is 2. The first-order chi connectivity index (χ1) is 14.1. The number of rotatable bonds is 7. The zero-order valence-corrected chi connectivity index (χ0v) is 18.5. The number of carbonyl (C=O) groups excluding carboxylic acids is 2. The van der Waals surface area contributed by atoms with Crippen molar-refractivity contribution in [2.24, 2.45) is 17.8 Å². The number of hydrogen-bond donors (Lipinski definition) is 2. The molecule has 2 N–H and O–H groups in total. The third kappa shape index (κ3) is 5.07. The monoisotopic (exact) mass is 431 g/mol. The molecule has 7 heteroatoms. The van der Waals surface area contributed by atoms with Gasteiger partial charge in [0.15, 0.2) is 0 Å². The molecule has 2 saturated carbocycles. The van der Waals surface area contributed by atoms with E-state index < -0.39 is 0 Å². The van der Waals surface area contributed by atoms with E-state index in [2.05, 4.69) is 15.6 Å². The average Bonchev–Trinajstić information content (AvgIpc) is 3.35. The quantitative estimate of drug-likeness (QED) is 0.667.